The van der Waals surface area contributed by atoms with Crippen molar-refractivity contribution >= 4 is 11.8 Å². The molecule has 78 valence electrons. The molecule has 0 aromatic heterocycles. The van der Waals surface area contributed by atoms with Crippen molar-refractivity contribution in [3.63, 3.8) is 0 Å². The van der Waals surface area contributed by atoms with Crippen molar-refractivity contribution in [2.24, 2.45) is 0 Å². The lowest BCUT2D eigenvalue weighted by Crippen LogP contribution is -2.42. The lowest BCUT2D eigenvalue weighted by molar-refractivity contribution is -0.141. The Hall–Kier alpha value is -1.16. The van der Waals surface area contributed by atoms with E-state index in [9.17, 15) is 9.59 Å². The first-order valence-electron chi connectivity index (χ1n) is 4.70. The Morgan fingerprint density at radius 1 is 1.21 bits per heavy atom. The van der Waals surface area contributed by atoms with Gasteiger partial charge in [-0.1, -0.05) is 6.92 Å². The van der Waals surface area contributed by atoms with E-state index in [1.807, 2.05) is 6.92 Å². The van der Waals surface area contributed by atoms with Crippen molar-refractivity contribution in [3.8, 4) is 0 Å². The van der Waals surface area contributed by atoms with Gasteiger partial charge in [0, 0.05) is 11.1 Å². The molecule has 14 heavy (non-hydrogen) atoms. The molecule has 1 rings (SSSR count). The number of imide groups is 1. The van der Waals surface area contributed by atoms with Crippen molar-refractivity contribution in [3.05, 3.63) is 11.1 Å². The number of hydrogen-bond acceptors (Lipinski definition) is 3. The Morgan fingerprint density at radius 2 is 1.64 bits per heavy atom. The zero-order chi connectivity index (χ0) is 10.9. The van der Waals surface area contributed by atoms with Gasteiger partial charge in [-0.15, -0.1) is 0 Å². The van der Waals surface area contributed by atoms with Gasteiger partial charge in [-0.05, 0) is 20.3 Å². The molecule has 1 aliphatic rings. The largest absolute Gasteiger partial charge is 0.394 e. The average Bonchev–Trinajstić information content (AvgIpc) is 2.37. The first kappa shape index (κ1) is 10.9. The van der Waals surface area contributed by atoms with Gasteiger partial charge in [0.15, 0.2) is 0 Å². The highest BCUT2D eigenvalue weighted by molar-refractivity contribution is 6.18. The molecule has 0 aromatic carbocycles. The van der Waals surface area contributed by atoms with E-state index in [1.165, 1.54) is 0 Å². The number of hydrogen-bond donors (Lipinski definition) is 1. The zero-order valence-electron chi connectivity index (χ0n) is 8.70. The van der Waals surface area contributed by atoms with Crippen LogP contribution in [0.3, 0.4) is 0 Å². The fourth-order valence-corrected chi connectivity index (χ4v) is 1.50. The molecule has 0 aliphatic carbocycles. The smallest absolute Gasteiger partial charge is 0.257 e. The predicted octanol–water partition coefficient (Wildman–Crippen LogP) is 0.462. The standard InChI is InChI=1S/C10H15NO3/c1-4-8(5-12)11-9(13)6(2)7(3)10(11)14/h8,12H,4-5H2,1-3H3. The summed E-state index contributed by atoms with van der Waals surface area (Å²) < 4.78 is 0. The monoisotopic (exact) mass is 197 g/mol. The maximum absolute atomic E-state index is 11.6. The minimum Gasteiger partial charge on any atom is -0.394 e. The van der Waals surface area contributed by atoms with Crippen molar-refractivity contribution in [1.29, 1.82) is 0 Å². The molecular weight excluding hydrogens is 182 g/mol. The van der Waals surface area contributed by atoms with Gasteiger partial charge in [0.05, 0.1) is 12.6 Å². The topological polar surface area (TPSA) is 57.6 Å². The van der Waals surface area contributed by atoms with E-state index in [1.54, 1.807) is 13.8 Å². The lowest BCUT2D eigenvalue weighted by atomic mass is 10.2. The minimum absolute atomic E-state index is 0.172. The quantitative estimate of drug-likeness (QED) is 0.669. The van der Waals surface area contributed by atoms with Gasteiger partial charge in [0.1, 0.15) is 0 Å². The van der Waals surface area contributed by atoms with Crippen LogP contribution in [0.5, 0.6) is 0 Å². The highest BCUT2D eigenvalue weighted by Crippen LogP contribution is 2.22. The van der Waals surface area contributed by atoms with Gasteiger partial charge in [0.2, 0.25) is 0 Å². The van der Waals surface area contributed by atoms with E-state index in [4.69, 9.17) is 5.11 Å². The molecule has 4 nitrogen and oxygen atoms in total. The summed E-state index contributed by atoms with van der Waals surface area (Å²) in [5.41, 5.74) is 0.976. The van der Waals surface area contributed by atoms with E-state index in [0.717, 1.165) is 4.90 Å². The second kappa shape index (κ2) is 3.92. The highest BCUT2D eigenvalue weighted by Gasteiger charge is 2.37. The first-order chi connectivity index (χ1) is 6.54. The predicted molar refractivity (Wildman–Crippen MR) is 51.4 cm³/mol. The molecule has 1 atom stereocenters. The molecule has 0 fully saturated rings. The third kappa shape index (κ3) is 1.46. The Morgan fingerprint density at radius 3 is 1.93 bits per heavy atom. The van der Waals surface area contributed by atoms with Gasteiger partial charge in [-0.25, -0.2) is 0 Å². The molecule has 1 N–H and O–H groups in total. The van der Waals surface area contributed by atoms with Crippen LogP contribution in [0.4, 0.5) is 0 Å². The second-order valence-corrected chi connectivity index (χ2v) is 3.47. The Balaban J connectivity index is 2.96. The third-order valence-electron chi connectivity index (χ3n) is 2.69. The van der Waals surface area contributed by atoms with Crippen LogP contribution in [0.15, 0.2) is 11.1 Å². The Labute approximate surface area is 83.2 Å². The molecule has 0 radical (unpaired) electrons. The number of carbonyl (C=O) groups is 2. The van der Waals surface area contributed by atoms with Crippen LogP contribution in [0.25, 0.3) is 0 Å². The molecule has 1 aliphatic heterocycles. The fraction of sp³-hybridized carbons (Fsp3) is 0.600. The number of nitrogens with zero attached hydrogens (tertiary/aromatic N) is 1. The van der Waals surface area contributed by atoms with Gasteiger partial charge < -0.3 is 5.11 Å². The van der Waals surface area contributed by atoms with Crippen molar-refractivity contribution < 1.29 is 14.7 Å². The van der Waals surface area contributed by atoms with Crippen molar-refractivity contribution in [2.45, 2.75) is 33.2 Å². The first-order valence-corrected chi connectivity index (χ1v) is 4.70. The number of carbonyl (C=O) groups excluding carboxylic acids is 2. The fourth-order valence-electron chi connectivity index (χ4n) is 1.50. The SMILES string of the molecule is CCC(CO)N1C(=O)C(C)=C(C)C1=O. The van der Waals surface area contributed by atoms with Crippen LogP contribution in [0.1, 0.15) is 27.2 Å². The average molecular weight is 197 g/mol. The third-order valence-corrected chi connectivity index (χ3v) is 2.69. The van der Waals surface area contributed by atoms with E-state index in [0.29, 0.717) is 17.6 Å². The zero-order valence-corrected chi connectivity index (χ0v) is 8.70. The summed E-state index contributed by atoms with van der Waals surface area (Å²) in [6, 6.07) is -0.387. The summed E-state index contributed by atoms with van der Waals surface area (Å²) in [7, 11) is 0. The lowest BCUT2D eigenvalue weighted by Gasteiger charge is -2.23. The molecule has 4 heteroatoms. The summed E-state index contributed by atoms with van der Waals surface area (Å²) in [5, 5.41) is 9.03. The van der Waals surface area contributed by atoms with E-state index in [2.05, 4.69) is 0 Å². The molecule has 0 aromatic rings. The summed E-state index contributed by atoms with van der Waals surface area (Å²) in [4.78, 5) is 24.4. The molecule has 2 amide bonds. The summed E-state index contributed by atoms with van der Waals surface area (Å²) in [6.45, 7) is 4.94. The molecule has 0 saturated heterocycles. The Bertz CT molecular complexity index is 278. The van der Waals surface area contributed by atoms with Crippen LogP contribution in [-0.4, -0.2) is 34.5 Å². The number of aliphatic hydroxyl groups excluding tert-OH is 1. The molecule has 0 saturated carbocycles. The second-order valence-electron chi connectivity index (χ2n) is 3.47. The van der Waals surface area contributed by atoms with Crippen molar-refractivity contribution in [2.75, 3.05) is 6.61 Å². The van der Waals surface area contributed by atoms with Gasteiger partial charge in [-0.3, -0.25) is 14.5 Å². The van der Waals surface area contributed by atoms with Crippen molar-refractivity contribution in [1.82, 2.24) is 4.90 Å². The summed E-state index contributed by atoms with van der Waals surface area (Å²) >= 11 is 0. The molecule has 0 bridgehead atoms. The van der Waals surface area contributed by atoms with Crippen LogP contribution in [0.2, 0.25) is 0 Å². The number of amides is 2. The van der Waals surface area contributed by atoms with E-state index >= 15 is 0 Å². The maximum Gasteiger partial charge on any atom is 0.257 e. The summed E-state index contributed by atoms with van der Waals surface area (Å²) in [6.07, 6.45) is 0.578. The molecule has 0 spiro atoms. The van der Waals surface area contributed by atoms with Crippen LogP contribution >= 0.6 is 0 Å². The minimum atomic E-state index is -0.387. The van der Waals surface area contributed by atoms with Crippen LogP contribution in [0, 0.1) is 0 Å². The maximum atomic E-state index is 11.6. The van der Waals surface area contributed by atoms with E-state index < -0.39 is 0 Å². The number of aliphatic hydroxyl groups is 1. The van der Waals surface area contributed by atoms with Gasteiger partial charge in [0.25, 0.3) is 11.8 Å². The number of rotatable bonds is 3. The Kier molecular flexibility index (Phi) is 3.06. The van der Waals surface area contributed by atoms with Gasteiger partial charge in [-0.2, -0.15) is 0 Å². The normalized spacial score (nSPS) is 19.6. The molecule has 1 heterocycles. The molecular formula is C10H15NO3. The van der Waals surface area contributed by atoms with E-state index in [-0.39, 0.29) is 24.5 Å². The molecule has 1 unspecified atom stereocenters. The van der Waals surface area contributed by atoms with Gasteiger partial charge >= 0.3 is 0 Å². The highest BCUT2D eigenvalue weighted by atomic mass is 16.3. The van der Waals surface area contributed by atoms with Crippen LogP contribution in [-0.2, 0) is 9.59 Å². The summed E-state index contributed by atoms with van der Waals surface area (Å²) in [5.74, 6) is -0.540. The van der Waals surface area contributed by atoms with Crippen LogP contribution < -0.4 is 0 Å².